The minimum absolute atomic E-state index is 0.183. The number of aromatic nitrogens is 3. The van der Waals surface area contributed by atoms with Crippen molar-refractivity contribution >= 4 is 17.8 Å². The summed E-state index contributed by atoms with van der Waals surface area (Å²) in [4.78, 5) is 39.7. The Morgan fingerprint density at radius 3 is 2.46 bits per heavy atom. The standard InChI is InChI=1S/C19H24N4O5/c1-13(2)8-16(19(26)27-3)22-17(24)10-28-18(25)15-6-4-14(5-7-15)9-23-12-20-11-21-23/h4-7,11-13,16H,8-10H2,1-3H3,(H,22,24). The summed E-state index contributed by atoms with van der Waals surface area (Å²) in [5.74, 6) is -1.53. The first kappa shape index (κ1) is 21.1. The van der Waals surface area contributed by atoms with Crippen LogP contribution in [-0.2, 0) is 25.6 Å². The van der Waals surface area contributed by atoms with E-state index in [4.69, 9.17) is 4.74 Å². The number of nitrogens with zero attached hydrogens (tertiary/aromatic N) is 3. The number of carbonyl (C=O) groups excluding carboxylic acids is 3. The fraction of sp³-hybridized carbons (Fsp3) is 0.421. The molecule has 0 aliphatic rings. The zero-order chi connectivity index (χ0) is 20.5. The van der Waals surface area contributed by atoms with E-state index in [1.807, 2.05) is 13.8 Å². The van der Waals surface area contributed by atoms with Gasteiger partial charge in [0.05, 0.1) is 19.2 Å². The molecule has 0 spiro atoms. The summed E-state index contributed by atoms with van der Waals surface area (Å²) in [6.07, 6.45) is 3.48. The molecule has 1 aromatic carbocycles. The molecular weight excluding hydrogens is 364 g/mol. The van der Waals surface area contributed by atoms with E-state index < -0.39 is 30.5 Å². The van der Waals surface area contributed by atoms with Crippen LogP contribution in [0.3, 0.4) is 0 Å². The average molecular weight is 388 g/mol. The average Bonchev–Trinajstić information content (AvgIpc) is 3.18. The van der Waals surface area contributed by atoms with E-state index in [1.165, 1.54) is 13.4 Å². The van der Waals surface area contributed by atoms with Crippen molar-refractivity contribution in [3.8, 4) is 0 Å². The molecule has 1 unspecified atom stereocenters. The molecule has 0 fully saturated rings. The summed E-state index contributed by atoms with van der Waals surface area (Å²) in [5.41, 5.74) is 1.26. The Bertz CT molecular complexity index is 787. The van der Waals surface area contributed by atoms with Crippen LogP contribution < -0.4 is 5.32 Å². The number of hydrogen-bond acceptors (Lipinski definition) is 7. The van der Waals surface area contributed by atoms with E-state index in [1.54, 1.807) is 35.3 Å². The maximum Gasteiger partial charge on any atom is 0.338 e. The highest BCUT2D eigenvalue weighted by molar-refractivity contribution is 5.92. The van der Waals surface area contributed by atoms with E-state index in [0.717, 1.165) is 5.56 Å². The highest BCUT2D eigenvalue weighted by Gasteiger charge is 2.23. The van der Waals surface area contributed by atoms with Crippen molar-refractivity contribution in [3.05, 3.63) is 48.0 Å². The number of carbonyl (C=O) groups is 3. The van der Waals surface area contributed by atoms with Crippen LogP contribution >= 0.6 is 0 Å². The summed E-state index contributed by atoms with van der Waals surface area (Å²) < 4.78 is 11.4. The maximum atomic E-state index is 12.1. The lowest BCUT2D eigenvalue weighted by molar-refractivity contribution is -0.145. The van der Waals surface area contributed by atoms with Gasteiger partial charge in [0.2, 0.25) is 0 Å². The molecule has 150 valence electrons. The van der Waals surface area contributed by atoms with Crippen LogP contribution in [0.25, 0.3) is 0 Å². The van der Waals surface area contributed by atoms with Gasteiger partial charge in [-0.3, -0.25) is 4.79 Å². The lowest BCUT2D eigenvalue weighted by Gasteiger charge is -2.18. The number of amides is 1. The Hall–Kier alpha value is -3.23. The molecule has 0 saturated heterocycles. The Balaban J connectivity index is 1.84. The minimum atomic E-state index is -0.771. The topological polar surface area (TPSA) is 112 Å². The van der Waals surface area contributed by atoms with Gasteiger partial charge in [-0.2, -0.15) is 5.10 Å². The molecule has 0 aliphatic carbocycles. The Labute approximate surface area is 163 Å². The SMILES string of the molecule is COC(=O)C(CC(C)C)NC(=O)COC(=O)c1ccc(Cn2cncn2)cc1. The maximum absolute atomic E-state index is 12.1. The van der Waals surface area contributed by atoms with Crippen molar-refractivity contribution in [2.24, 2.45) is 5.92 Å². The molecule has 1 amide bonds. The molecule has 0 radical (unpaired) electrons. The third-order valence-electron chi connectivity index (χ3n) is 3.86. The Kier molecular flexibility index (Phi) is 7.67. The molecule has 1 heterocycles. The van der Waals surface area contributed by atoms with Gasteiger partial charge >= 0.3 is 11.9 Å². The largest absolute Gasteiger partial charge is 0.467 e. The van der Waals surface area contributed by atoms with Gasteiger partial charge in [-0.1, -0.05) is 26.0 Å². The fourth-order valence-electron chi connectivity index (χ4n) is 2.53. The molecule has 2 rings (SSSR count). The van der Waals surface area contributed by atoms with Gasteiger partial charge in [-0.25, -0.2) is 19.3 Å². The summed E-state index contributed by atoms with van der Waals surface area (Å²) in [5, 5.41) is 6.55. The molecule has 9 heteroatoms. The molecule has 1 N–H and O–H groups in total. The monoisotopic (exact) mass is 388 g/mol. The zero-order valence-corrected chi connectivity index (χ0v) is 16.1. The van der Waals surface area contributed by atoms with Crippen LogP contribution in [0.15, 0.2) is 36.9 Å². The first-order valence-corrected chi connectivity index (χ1v) is 8.84. The second-order valence-electron chi connectivity index (χ2n) is 6.64. The predicted molar refractivity (Wildman–Crippen MR) is 99.3 cm³/mol. The van der Waals surface area contributed by atoms with Crippen LogP contribution in [0.1, 0.15) is 36.2 Å². The van der Waals surface area contributed by atoms with Gasteiger partial charge in [-0.05, 0) is 30.0 Å². The summed E-state index contributed by atoms with van der Waals surface area (Å²) in [7, 11) is 1.26. The highest BCUT2D eigenvalue weighted by Crippen LogP contribution is 2.08. The second kappa shape index (κ2) is 10.2. The van der Waals surface area contributed by atoms with Crippen molar-refractivity contribution in [2.45, 2.75) is 32.9 Å². The smallest absolute Gasteiger partial charge is 0.338 e. The highest BCUT2D eigenvalue weighted by atomic mass is 16.5. The van der Waals surface area contributed by atoms with E-state index in [0.29, 0.717) is 18.5 Å². The number of ether oxygens (including phenoxy) is 2. The summed E-state index contributed by atoms with van der Waals surface area (Å²) >= 11 is 0. The Morgan fingerprint density at radius 1 is 1.18 bits per heavy atom. The van der Waals surface area contributed by atoms with Gasteiger partial charge in [0.15, 0.2) is 6.61 Å². The van der Waals surface area contributed by atoms with Gasteiger partial charge in [0.1, 0.15) is 18.7 Å². The van der Waals surface area contributed by atoms with E-state index in [9.17, 15) is 14.4 Å². The molecular formula is C19H24N4O5. The van der Waals surface area contributed by atoms with Crippen molar-refractivity contribution < 1.29 is 23.9 Å². The van der Waals surface area contributed by atoms with E-state index in [2.05, 4.69) is 20.1 Å². The molecule has 0 saturated carbocycles. The Morgan fingerprint density at radius 2 is 1.89 bits per heavy atom. The lowest BCUT2D eigenvalue weighted by Crippen LogP contribution is -2.44. The van der Waals surface area contributed by atoms with Gasteiger partial charge < -0.3 is 14.8 Å². The van der Waals surface area contributed by atoms with Crippen molar-refractivity contribution in [1.82, 2.24) is 20.1 Å². The first-order valence-electron chi connectivity index (χ1n) is 8.84. The number of methoxy groups -OCH3 is 1. The minimum Gasteiger partial charge on any atom is -0.467 e. The van der Waals surface area contributed by atoms with Crippen LogP contribution in [0.5, 0.6) is 0 Å². The molecule has 28 heavy (non-hydrogen) atoms. The van der Waals surface area contributed by atoms with Gasteiger partial charge in [-0.15, -0.1) is 0 Å². The molecule has 0 aliphatic heterocycles. The van der Waals surface area contributed by atoms with Crippen LogP contribution in [-0.4, -0.2) is 52.4 Å². The molecule has 9 nitrogen and oxygen atoms in total. The van der Waals surface area contributed by atoms with E-state index in [-0.39, 0.29) is 5.92 Å². The number of rotatable bonds is 9. The third-order valence-corrected chi connectivity index (χ3v) is 3.86. The van der Waals surface area contributed by atoms with Crippen molar-refractivity contribution in [1.29, 1.82) is 0 Å². The predicted octanol–water partition coefficient (Wildman–Crippen LogP) is 1.19. The number of esters is 2. The zero-order valence-electron chi connectivity index (χ0n) is 16.1. The fourth-order valence-corrected chi connectivity index (χ4v) is 2.53. The lowest BCUT2D eigenvalue weighted by atomic mass is 10.0. The van der Waals surface area contributed by atoms with Crippen molar-refractivity contribution in [3.63, 3.8) is 0 Å². The molecule has 1 atom stereocenters. The van der Waals surface area contributed by atoms with Crippen LogP contribution in [0, 0.1) is 5.92 Å². The van der Waals surface area contributed by atoms with Gasteiger partial charge in [0, 0.05) is 0 Å². The second-order valence-corrected chi connectivity index (χ2v) is 6.64. The van der Waals surface area contributed by atoms with Crippen LogP contribution in [0.2, 0.25) is 0 Å². The van der Waals surface area contributed by atoms with E-state index >= 15 is 0 Å². The quantitative estimate of drug-likeness (QED) is 0.642. The molecule has 0 bridgehead atoms. The van der Waals surface area contributed by atoms with Gasteiger partial charge in [0.25, 0.3) is 5.91 Å². The summed E-state index contributed by atoms with van der Waals surface area (Å²) in [6, 6.07) is 6.00. The van der Waals surface area contributed by atoms with Crippen molar-refractivity contribution in [2.75, 3.05) is 13.7 Å². The molecule has 1 aromatic heterocycles. The molecule has 2 aromatic rings. The number of nitrogens with one attached hydrogen (secondary N) is 1. The van der Waals surface area contributed by atoms with Crippen LogP contribution in [0.4, 0.5) is 0 Å². The first-order chi connectivity index (χ1) is 13.4. The number of benzene rings is 1. The summed E-state index contributed by atoms with van der Waals surface area (Å²) in [6.45, 7) is 3.90. The third kappa shape index (κ3) is 6.49. The normalized spacial score (nSPS) is 11.7. The number of hydrogen-bond donors (Lipinski definition) is 1.